The maximum absolute atomic E-state index is 9.96. The summed E-state index contributed by atoms with van der Waals surface area (Å²) in [7, 11) is -1.00. The third-order valence-electron chi connectivity index (χ3n) is 7.24. The van der Waals surface area contributed by atoms with Crippen molar-refractivity contribution in [2.45, 2.75) is 53.5 Å². The van der Waals surface area contributed by atoms with Gasteiger partial charge in [-0.25, -0.2) is 0 Å². The van der Waals surface area contributed by atoms with Gasteiger partial charge in [-0.2, -0.15) is 0 Å². The van der Waals surface area contributed by atoms with E-state index in [1.54, 1.807) is 0 Å². The number of alkyl halides is 1. The zero-order valence-corrected chi connectivity index (χ0v) is 25.6. The van der Waals surface area contributed by atoms with Gasteiger partial charge in [0.25, 0.3) is 0 Å². The molecule has 5 rings (SSSR count). The second kappa shape index (κ2) is 16.8. The van der Waals surface area contributed by atoms with Crippen LogP contribution in [0.1, 0.15) is 55.0 Å². The Kier molecular flexibility index (Phi) is 12.2. The topological polar surface area (TPSA) is 15.3 Å². The maximum atomic E-state index is 9.96. The molecule has 1 unspecified atom stereocenters. The van der Waals surface area contributed by atoms with Gasteiger partial charge in [0.1, 0.15) is 0 Å². The van der Waals surface area contributed by atoms with Crippen molar-refractivity contribution >= 4 is 11.4 Å². The molecule has 0 spiro atoms. The Morgan fingerprint density at radius 1 is 0.738 bits per heavy atom. The van der Waals surface area contributed by atoms with E-state index >= 15 is 0 Å². The molecule has 0 fully saturated rings. The molecule has 2 aliphatic rings. The highest BCUT2D eigenvalue weighted by atomic mass is 19.1. The third kappa shape index (κ3) is 9.34. The normalized spacial score (nSPS) is 14.5. The van der Waals surface area contributed by atoms with Crippen molar-refractivity contribution in [3.05, 3.63) is 167 Å². The number of rotatable bonds is 6. The van der Waals surface area contributed by atoms with Gasteiger partial charge in [-0.05, 0) is 75.6 Å². The number of nitrogens with zero attached hydrogens (tertiary/aromatic N) is 1. The second-order valence-electron chi connectivity index (χ2n) is 10.6. The zero-order chi connectivity index (χ0) is 31.0. The van der Waals surface area contributed by atoms with Crippen molar-refractivity contribution in [1.82, 2.24) is 0 Å². The molecule has 0 saturated carbocycles. The monoisotopic (exact) mass is 561 g/mol. The summed E-state index contributed by atoms with van der Waals surface area (Å²) in [4.78, 5) is 2.48. The van der Waals surface area contributed by atoms with Crippen LogP contribution < -0.4 is 10.2 Å². The van der Waals surface area contributed by atoms with Crippen LogP contribution in [-0.4, -0.2) is 7.15 Å². The summed E-state index contributed by atoms with van der Waals surface area (Å²) in [6.45, 7) is 10.9. The lowest BCUT2D eigenvalue weighted by Gasteiger charge is -2.35. The first-order valence-corrected chi connectivity index (χ1v) is 14.5. The quantitative estimate of drug-likeness (QED) is 0.322. The van der Waals surface area contributed by atoms with Crippen molar-refractivity contribution < 1.29 is 5.76 Å². The van der Waals surface area contributed by atoms with Gasteiger partial charge in [-0.15, -0.1) is 0 Å². The van der Waals surface area contributed by atoms with Gasteiger partial charge in [-0.1, -0.05) is 114 Å². The largest absolute Gasteiger partial charge is 0.358 e. The summed E-state index contributed by atoms with van der Waals surface area (Å²) in [5, 5.41) is 3.47. The molecule has 0 amide bonds. The van der Waals surface area contributed by atoms with Crippen LogP contribution in [-0.2, 0) is 0 Å². The van der Waals surface area contributed by atoms with Crippen LogP contribution in [0.3, 0.4) is 0 Å². The number of nitrogens with one attached hydrogen (secondary N) is 1. The van der Waals surface area contributed by atoms with Gasteiger partial charge in [0.05, 0.1) is 14.6 Å². The van der Waals surface area contributed by atoms with Gasteiger partial charge in [0.15, 0.2) is 0 Å². The molecular weight excluding hydrogens is 515 g/mol. The SMILES string of the molecule is Cc1ccc(N(C2=CC=CC=CC2)C(C)c2ccccc2)c(C)c1.Cc1ccc(NC2=CC=CC=CC2)c(C)c1.[2H]CF. The second-order valence-corrected chi connectivity index (χ2v) is 10.6. The van der Waals surface area contributed by atoms with Gasteiger partial charge < -0.3 is 10.2 Å². The van der Waals surface area contributed by atoms with E-state index in [1.807, 2.05) is 0 Å². The van der Waals surface area contributed by atoms with E-state index in [0.29, 0.717) is 0 Å². The molecule has 2 aliphatic carbocycles. The summed E-state index contributed by atoms with van der Waals surface area (Å²) >= 11 is 0. The molecule has 0 aromatic heterocycles. The molecule has 3 aromatic carbocycles. The highest BCUT2D eigenvalue weighted by molar-refractivity contribution is 5.61. The van der Waals surface area contributed by atoms with Crippen LogP contribution in [0.5, 0.6) is 0 Å². The summed E-state index contributed by atoms with van der Waals surface area (Å²) < 4.78 is 15.5. The molecule has 0 saturated heterocycles. The Bertz CT molecular complexity index is 1490. The number of anilines is 2. The van der Waals surface area contributed by atoms with Gasteiger partial charge in [0, 0.05) is 35.6 Å². The van der Waals surface area contributed by atoms with Crippen LogP contribution in [0.4, 0.5) is 15.8 Å². The van der Waals surface area contributed by atoms with Gasteiger partial charge in [0.2, 0.25) is 0 Å². The molecule has 218 valence electrons. The van der Waals surface area contributed by atoms with Crippen molar-refractivity contribution in [3.63, 3.8) is 0 Å². The molecule has 0 heterocycles. The number of allylic oxidation sites excluding steroid dienone is 10. The fourth-order valence-corrected chi connectivity index (χ4v) is 5.11. The van der Waals surface area contributed by atoms with E-state index in [0.717, 1.165) is 12.8 Å². The Labute approximate surface area is 254 Å². The number of benzene rings is 3. The van der Waals surface area contributed by atoms with Crippen LogP contribution in [0.25, 0.3) is 0 Å². The number of halogens is 1. The first-order chi connectivity index (χ1) is 20.8. The van der Waals surface area contributed by atoms with Crippen molar-refractivity contribution in [1.29, 1.82) is 0 Å². The van der Waals surface area contributed by atoms with E-state index in [4.69, 9.17) is 1.37 Å². The Balaban J connectivity index is 0.000000230. The fourth-order valence-electron chi connectivity index (χ4n) is 5.11. The van der Waals surface area contributed by atoms with Crippen LogP contribution in [0, 0.1) is 27.7 Å². The third-order valence-corrected chi connectivity index (χ3v) is 7.24. The summed E-state index contributed by atoms with van der Waals surface area (Å²) in [6, 6.07) is 24.2. The zero-order valence-electron chi connectivity index (χ0n) is 26.6. The number of hydrogen-bond acceptors (Lipinski definition) is 2. The minimum absolute atomic E-state index is 0.277. The lowest BCUT2D eigenvalue weighted by atomic mass is 10.0. The van der Waals surface area contributed by atoms with Crippen molar-refractivity contribution in [3.8, 4) is 0 Å². The van der Waals surface area contributed by atoms with Crippen LogP contribution in [0.2, 0.25) is 0 Å². The van der Waals surface area contributed by atoms with Crippen LogP contribution in [0.15, 0.2) is 139 Å². The van der Waals surface area contributed by atoms with Crippen molar-refractivity contribution in [2.24, 2.45) is 0 Å². The highest BCUT2D eigenvalue weighted by Gasteiger charge is 2.21. The molecule has 3 heteroatoms. The molecule has 3 aromatic rings. The summed E-state index contributed by atoms with van der Waals surface area (Å²) in [5.74, 6) is 0. The Morgan fingerprint density at radius 2 is 1.36 bits per heavy atom. The van der Waals surface area contributed by atoms with Gasteiger partial charge in [-0.3, -0.25) is 4.39 Å². The molecule has 1 N–H and O–H groups in total. The lowest BCUT2D eigenvalue weighted by molar-refractivity contribution is 0.636. The molecule has 0 bridgehead atoms. The summed E-state index contributed by atoms with van der Waals surface area (Å²) in [6.07, 6.45) is 23.2. The lowest BCUT2D eigenvalue weighted by Crippen LogP contribution is -2.26. The minimum Gasteiger partial charge on any atom is -0.358 e. The number of aryl methyl sites for hydroxylation is 4. The smallest absolute Gasteiger partial charge is 0.0785 e. The first kappa shape index (κ1) is 30.6. The Hall–Kier alpha value is -4.37. The molecule has 0 radical (unpaired) electrons. The van der Waals surface area contributed by atoms with Crippen molar-refractivity contribution in [2.75, 3.05) is 17.4 Å². The molecular formula is C39H45FN2. The molecule has 42 heavy (non-hydrogen) atoms. The van der Waals surface area contributed by atoms with E-state index in [2.05, 4.69) is 172 Å². The standard InChI is InChI=1S/C23H25N.C15H17N.CH3F/c1-18-15-16-23(19(2)17-18)24(22-13-9-4-5-10-14-22)20(3)21-11-7-6-8-12-21;1-12-9-10-15(13(2)11-12)16-14-7-5-3-4-6-8-14;1-2/h4-13,15-17,20H,14H2,1-3H3;3-7,9-11,16H,8H2,1-2H3;1H3/i;;1D. The first-order valence-electron chi connectivity index (χ1n) is 15.2. The maximum Gasteiger partial charge on any atom is 0.0785 e. The van der Waals surface area contributed by atoms with E-state index < -0.39 is 7.15 Å². The molecule has 2 nitrogen and oxygen atoms in total. The fraction of sp³-hybridized carbons (Fsp3) is 0.231. The van der Waals surface area contributed by atoms with Crippen LogP contribution >= 0.6 is 0 Å². The molecule has 1 atom stereocenters. The highest BCUT2D eigenvalue weighted by Crippen LogP contribution is 2.35. The minimum atomic E-state index is -1.00. The van der Waals surface area contributed by atoms with E-state index in [9.17, 15) is 4.39 Å². The predicted octanol–water partition coefficient (Wildman–Crippen LogP) is 11.0. The van der Waals surface area contributed by atoms with E-state index in [1.165, 1.54) is 50.6 Å². The Morgan fingerprint density at radius 3 is 2.02 bits per heavy atom. The number of hydrogen-bond donors (Lipinski definition) is 1. The van der Waals surface area contributed by atoms with E-state index in [-0.39, 0.29) is 6.04 Å². The summed E-state index contributed by atoms with van der Waals surface area (Å²) in [5.41, 5.74) is 11.6. The predicted molar refractivity (Wildman–Crippen MR) is 182 cm³/mol. The van der Waals surface area contributed by atoms with Gasteiger partial charge >= 0.3 is 0 Å². The average molecular weight is 562 g/mol. The molecule has 0 aliphatic heterocycles. The average Bonchev–Trinajstić information content (AvgIpc) is 3.43.